The molecule has 5 heteroatoms. The highest BCUT2D eigenvalue weighted by molar-refractivity contribution is 6.08. The number of aromatic amines is 1. The Balaban J connectivity index is 2.20. The lowest BCUT2D eigenvalue weighted by Gasteiger charge is -2.00. The number of phenolic OH excluding ortho intramolecular Hbond substituents is 2. The number of benzene rings is 1. The van der Waals surface area contributed by atoms with Gasteiger partial charge in [0.2, 0.25) is 0 Å². The summed E-state index contributed by atoms with van der Waals surface area (Å²) in [6, 6.07) is 3.82. The van der Waals surface area contributed by atoms with E-state index in [1.165, 1.54) is 24.3 Å². The minimum Gasteiger partial charge on any atom is -0.508 e. The van der Waals surface area contributed by atoms with Crippen LogP contribution in [0.25, 0.3) is 6.08 Å². The maximum atomic E-state index is 11.7. The Kier molecular flexibility index (Phi) is 2.91. The van der Waals surface area contributed by atoms with E-state index in [-0.39, 0.29) is 22.8 Å². The summed E-state index contributed by atoms with van der Waals surface area (Å²) in [5.74, 6) is -0.149. The molecule has 0 fully saturated rings. The number of H-pyrrole nitrogens is 1. The SMILES string of the molecule is O=C(C=Cc1ncc[nH]1)c1ccc(O)cc1O. The second-order valence-corrected chi connectivity index (χ2v) is 3.37. The van der Waals surface area contributed by atoms with Crippen molar-refractivity contribution >= 4 is 11.9 Å². The molecule has 0 aliphatic carbocycles. The van der Waals surface area contributed by atoms with Crippen molar-refractivity contribution in [3.8, 4) is 11.5 Å². The molecule has 0 spiro atoms. The van der Waals surface area contributed by atoms with E-state index in [4.69, 9.17) is 5.11 Å². The summed E-state index contributed by atoms with van der Waals surface area (Å²) in [6.07, 6.45) is 6.02. The summed E-state index contributed by atoms with van der Waals surface area (Å²) in [5.41, 5.74) is 0.130. The van der Waals surface area contributed by atoms with Gasteiger partial charge in [-0.2, -0.15) is 0 Å². The third kappa shape index (κ3) is 2.52. The summed E-state index contributed by atoms with van der Waals surface area (Å²) in [6.45, 7) is 0. The molecule has 3 N–H and O–H groups in total. The van der Waals surface area contributed by atoms with Gasteiger partial charge in [0.15, 0.2) is 5.78 Å². The van der Waals surface area contributed by atoms with Crippen LogP contribution in [0.15, 0.2) is 36.7 Å². The number of hydrogen-bond acceptors (Lipinski definition) is 4. The number of carbonyl (C=O) groups is 1. The number of nitrogens with one attached hydrogen (secondary N) is 1. The lowest BCUT2D eigenvalue weighted by molar-refractivity contribution is 0.104. The number of allylic oxidation sites excluding steroid dienone is 1. The van der Waals surface area contributed by atoms with Crippen molar-refractivity contribution in [3.63, 3.8) is 0 Å². The van der Waals surface area contributed by atoms with E-state index in [0.29, 0.717) is 5.82 Å². The Morgan fingerprint density at radius 3 is 2.82 bits per heavy atom. The molecule has 0 aliphatic heterocycles. The van der Waals surface area contributed by atoms with Crippen LogP contribution in [0.1, 0.15) is 16.2 Å². The van der Waals surface area contributed by atoms with Gasteiger partial charge in [-0.3, -0.25) is 4.79 Å². The predicted octanol–water partition coefficient (Wildman–Crippen LogP) is 1.72. The zero-order chi connectivity index (χ0) is 12.3. The summed E-state index contributed by atoms with van der Waals surface area (Å²) in [5, 5.41) is 18.6. The van der Waals surface area contributed by atoms with Crippen LogP contribution in [0.2, 0.25) is 0 Å². The molecule has 1 aromatic heterocycles. The molecule has 0 atom stereocenters. The molecule has 2 aromatic rings. The number of hydrogen-bond donors (Lipinski definition) is 3. The normalized spacial score (nSPS) is 10.8. The number of rotatable bonds is 3. The topological polar surface area (TPSA) is 86.2 Å². The molecule has 0 aliphatic rings. The first-order valence-corrected chi connectivity index (χ1v) is 4.90. The molecular weight excluding hydrogens is 220 g/mol. The van der Waals surface area contributed by atoms with Crippen molar-refractivity contribution in [1.82, 2.24) is 9.97 Å². The molecule has 86 valence electrons. The number of aromatic nitrogens is 2. The lowest BCUT2D eigenvalue weighted by atomic mass is 10.1. The molecule has 1 heterocycles. The smallest absolute Gasteiger partial charge is 0.189 e. The second kappa shape index (κ2) is 4.52. The molecule has 17 heavy (non-hydrogen) atoms. The fourth-order valence-corrected chi connectivity index (χ4v) is 1.34. The highest BCUT2D eigenvalue weighted by Gasteiger charge is 2.08. The molecule has 0 bridgehead atoms. The van der Waals surface area contributed by atoms with Gasteiger partial charge in [-0.15, -0.1) is 0 Å². The van der Waals surface area contributed by atoms with Crippen LogP contribution >= 0.6 is 0 Å². The minimum absolute atomic E-state index is 0.0888. The molecule has 0 amide bonds. The van der Waals surface area contributed by atoms with Crippen LogP contribution in [0.4, 0.5) is 0 Å². The highest BCUT2D eigenvalue weighted by Crippen LogP contribution is 2.23. The molecule has 1 aromatic carbocycles. The van der Waals surface area contributed by atoms with Crippen molar-refractivity contribution in [3.05, 3.63) is 48.1 Å². The molecule has 0 radical (unpaired) electrons. The summed E-state index contributed by atoms with van der Waals surface area (Å²) in [4.78, 5) is 18.4. The number of carbonyl (C=O) groups excluding carboxylic acids is 1. The van der Waals surface area contributed by atoms with Crippen molar-refractivity contribution in [2.45, 2.75) is 0 Å². The maximum absolute atomic E-state index is 11.7. The minimum atomic E-state index is -0.362. The molecular formula is C12H10N2O3. The fraction of sp³-hybridized carbons (Fsp3) is 0. The van der Waals surface area contributed by atoms with E-state index in [2.05, 4.69) is 9.97 Å². The van der Waals surface area contributed by atoms with Gasteiger partial charge in [-0.25, -0.2) is 4.98 Å². The van der Waals surface area contributed by atoms with E-state index in [9.17, 15) is 9.90 Å². The van der Waals surface area contributed by atoms with Gasteiger partial charge in [-0.05, 0) is 24.3 Å². The van der Waals surface area contributed by atoms with Gasteiger partial charge in [0, 0.05) is 18.5 Å². The monoisotopic (exact) mass is 230 g/mol. The fourth-order valence-electron chi connectivity index (χ4n) is 1.34. The van der Waals surface area contributed by atoms with Gasteiger partial charge in [0.05, 0.1) is 5.56 Å². The molecule has 0 saturated carbocycles. The average Bonchev–Trinajstić information content (AvgIpc) is 2.78. The first kappa shape index (κ1) is 10.9. The first-order chi connectivity index (χ1) is 8.16. The maximum Gasteiger partial charge on any atom is 0.189 e. The molecule has 5 nitrogen and oxygen atoms in total. The third-order valence-electron chi connectivity index (χ3n) is 2.16. The Hall–Kier alpha value is -2.56. The molecule has 2 rings (SSSR count). The first-order valence-electron chi connectivity index (χ1n) is 4.90. The Labute approximate surface area is 97.1 Å². The van der Waals surface area contributed by atoms with Crippen molar-refractivity contribution in [2.24, 2.45) is 0 Å². The van der Waals surface area contributed by atoms with Gasteiger partial charge in [0.1, 0.15) is 17.3 Å². The largest absolute Gasteiger partial charge is 0.508 e. The average molecular weight is 230 g/mol. The third-order valence-corrected chi connectivity index (χ3v) is 2.16. The van der Waals surface area contributed by atoms with Crippen LogP contribution in [0.5, 0.6) is 11.5 Å². The lowest BCUT2D eigenvalue weighted by Crippen LogP contribution is -1.94. The number of aromatic hydroxyl groups is 2. The number of imidazole rings is 1. The van der Waals surface area contributed by atoms with Crippen molar-refractivity contribution in [1.29, 1.82) is 0 Å². The zero-order valence-electron chi connectivity index (χ0n) is 8.79. The predicted molar refractivity (Wildman–Crippen MR) is 61.7 cm³/mol. The number of nitrogens with zero attached hydrogens (tertiary/aromatic N) is 1. The van der Waals surface area contributed by atoms with E-state index < -0.39 is 0 Å². The van der Waals surface area contributed by atoms with Gasteiger partial charge < -0.3 is 15.2 Å². The number of ketones is 1. The van der Waals surface area contributed by atoms with Gasteiger partial charge in [0.25, 0.3) is 0 Å². The highest BCUT2D eigenvalue weighted by atomic mass is 16.3. The van der Waals surface area contributed by atoms with Crippen LogP contribution in [0, 0.1) is 0 Å². The molecule has 0 saturated heterocycles. The van der Waals surface area contributed by atoms with E-state index in [1.807, 2.05) is 0 Å². The quantitative estimate of drug-likeness (QED) is 0.553. The molecule has 0 unspecified atom stereocenters. The number of phenols is 2. The van der Waals surface area contributed by atoms with Crippen LogP contribution in [-0.4, -0.2) is 26.0 Å². The van der Waals surface area contributed by atoms with Crippen molar-refractivity contribution in [2.75, 3.05) is 0 Å². The summed E-state index contributed by atoms with van der Waals surface area (Å²) in [7, 11) is 0. The zero-order valence-corrected chi connectivity index (χ0v) is 8.79. The van der Waals surface area contributed by atoms with E-state index in [1.54, 1.807) is 12.4 Å². The Morgan fingerprint density at radius 2 is 2.18 bits per heavy atom. The van der Waals surface area contributed by atoms with E-state index >= 15 is 0 Å². The Morgan fingerprint density at radius 1 is 1.35 bits per heavy atom. The van der Waals surface area contributed by atoms with Gasteiger partial charge >= 0.3 is 0 Å². The van der Waals surface area contributed by atoms with Crippen LogP contribution in [-0.2, 0) is 0 Å². The summed E-state index contributed by atoms with van der Waals surface area (Å²) >= 11 is 0. The van der Waals surface area contributed by atoms with Crippen LogP contribution in [0.3, 0.4) is 0 Å². The second-order valence-electron chi connectivity index (χ2n) is 3.37. The van der Waals surface area contributed by atoms with Gasteiger partial charge in [-0.1, -0.05) is 0 Å². The summed E-state index contributed by atoms with van der Waals surface area (Å²) < 4.78 is 0. The van der Waals surface area contributed by atoms with Crippen molar-refractivity contribution < 1.29 is 15.0 Å². The Bertz CT molecular complexity index is 559. The van der Waals surface area contributed by atoms with E-state index in [0.717, 1.165) is 6.07 Å². The standard InChI is InChI=1S/C12H10N2O3/c15-8-1-2-9(11(17)7-8)10(16)3-4-12-13-5-6-14-12/h1-7,15,17H,(H,13,14). The van der Waals surface area contributed by atoms with Crippen LogP contribution < -0.4 is 0 Å².